The Morgan fingerprint density at radius 1 is 1.45 bits per heavy atom. The van der Waals surface area contributed by atoms with Crippen molar-refractivity contribution in [3.05, 3.63) is 15.6 Å². The molecule has 1 aliphatic heterocycles. The predicted octanol–water partition coefficient (Wildman–Crippen LogP) is 1.61. The van der Waals surface area contributed by atoms with Gasteiger partial charge in [0, 0.05) is 25.0 Å². The van der Waals surface area contributed by atoms with Crippen LogP contribution in [0.4, 0.5) is 0 Å². The van der Waals surface area contributed by atoms with E-state index in [1.165, 1.54) is 4.88 Å². The third kappa shape index (κ3) is 3.56. The van der Waals surface area contributed by atoms with Crippen molar-refractivity contribution in [1.29, 1.82) is 0 Å². The number of amides is 1. The molecule has 6 heteroatoms. The Morgan fingerprint density at radius 2 is 2.10 bits per heavy atom. The van der Waals surface area contributed by atoms with E-state index in [2.05, 4.69) is 16.8 Å². The van der Waals surface area contributed by atoms with E-state index < -0.39 is 0 Å². The molecule has 1 aliphatic rings. The summed E-state index contributed by atoms with van der Waals surface area (Å²) in [5, 5.41) is 1.05. The quantitative estimate of drug-likeness (QED) is 0.847. The van der Waals surface area contributed by atoms with Gasteiger partial charge in [-0.15, -0.1) is 11.3 Å². The molecule has 0 aliphatic carbocycles. The van der Waals surface area contributed by atoms with Crippen molar-refractivity contribution in [1.82, 2.24) is 14.8 Å². The van der Waals surface area contributed by atoms with E-state index in [0.717, 1.165) is 37.0 Å². The normalized spacial score (nSPS) is 18.0. The maximum absolute atomic E-state index is 12.4. The topological polar surface area (TPSA) is 45.7 Å². The average Bonchev–Trinajstić information content (AvgIpc) is 2.77. The van der Waals surface area contributed by atoms with E-state index in [9.17, 15) is 4.79 Å². The second-order valence-electron chi connectivity index (χ2n) is 5.24. The number of aromatic nitrogens is 1. The van der Waals surface area contributed by atoms with Crippen LogP contribution in [0.15, 0.2) is 0 Å². The minimum absolute atomic E-state index is 0.0218. The number of thiazole rings is 1. The lowest BCUT2D eigenvalue weighted by Crippen LogP contribution is -2.44. The third-order valence-electron chi connectivity index (χ3n) is 3.77. The van der Waals surface area contributed by atoms with Gasteiger partial charge in [0.05, 0.1) is 36.5 Å². The number of carbonyl (C=O) groups excluding carboxylic acids is 1. The first kappa shape index (κ1) is 15.4. The highest BCUT2D eigenvalue weighted by atomic mass is 32.1. The van der Waals surface area contributed by atoms with Gasteiger partial charge >= 0.3 is 0 Å². The number of hydrogen-bond donors (Lipinski definition) is 0. The van der Waals surface area contributed by atoms with Gasteiger partial charge in [-0.2, -0.15) is 0 Å². The fourth-order valence-corrected chi connectivity index (χ4v) is 3.30. The molecule has 1 amide bonds. The van der Waals surface area contributed by atoms with Crippen molar-refractivity contribution < 1.29 is 9.53 Å². The summed E-state index contributed by atoms with van der Waals surface area (Å²) in [7, 11) is 1.86. The minimum Gasteiger partial charge on any atom is -0.379 e. The van der Waals surface area contributed by atoms with Crippen LogP contribution in [0, 0.1) is 13.8 Å². The number of morpholine rings is 1. The number of nitrogens with zero attached hydrogens (tertiary/aromatic N) is 3. The van der Waals surface area contributed by atoms with Crippen LogP contribution in [-0.4, -0.2) is 60.6 Å². The summed E-state index contributed by atoms with van der Waals surface area (Å²) in [6.45, 7) is 9.69. The van der Waals surface area contributed by atoms with Gasteiger partial charge in [0.15, 0.2) is 0 Å². The molecule has 0 bridgehead atoms. The molecule has 2 rings (SSSR count). The minimum atomic E-state index is 0.0218. The summed E-state index contributed by atoms with van der Waals surface area (Å²) < 4.78 is 5.30. The van der Waals surface area contributed by atoms with Gasteiger partial charge in [-0.1, -0.05) is 0 Å². The van der Waals surface area contributed by atoms with Gasteiger partial charge in [-0.25, -0.2) is 4.98 Å². The molecule has 0 N–H and O–H groups in total. The molecule has 1 fully saturated rings. The molecule has 0 radical (unpaired) electrons. The first-order valence-electron chi connectivity index (χ1n) is 6.98. The smallest absolute Gasteiger partial charge is 0.237 e. The number of rotatable bonds is 4. The standard InChI is InChI=1S/C14H23N3O2S/c1-10(14-11(2)20-12(3)15-14)16(4)13(18)9-17-5-7-19-8-6-17/h10H,5-9H2,1-4H3/t10-/m1/s1. The molecular formula is C14H23N3O2S. The molecule has 20 heavy (non-hydrogen) atoms. The zero-order valence-electron chi connectivity index (χ0n) is 12.7. The Kier molecular flexibility index (Phi) is 5.12. The molecule has 5 nitrogen and oxygen atoms in total. The molecular weight excluding hydrogens is 274 g/mol. The highest BCUT2D eigenvalue weighted by Gasteiger charge is 2.23. The van der Waals surface area contributed by atoms with Crippen LogP contribution in [0.3, 0.4) is 0 Å². The van der Waals surface area contributed by atoms with E-state index in [-0.39, 0.29) is 11.9 Å². The number of hydrogen-bond acceptors (Lipinski definition) is 5. The molecule has 1 atom stereocenters. The van der Waals surface area contributed by atoms with Crippen LogP contribution in [0.5, 0.6) is 0 Å². The Bertz CT molecular complexity index is 469. The highest BCUT2D eigenvalue weighted by molar-refractivity contribution is 7.11. The van der Waals surface area contributed by atoms with Crippen LogP contribution in [-0.2, 0) is 9.53 Å². The van der Waals surface area contributed by atoms with Crippen LogP contribution in [0.25, 0.3) is 0 Å². The second-order valence-corrected chi connectivity index (χ2v) is 6.65. The third-order valence-corrected chi connectivity index (χ3v) is 4.67. The highest BCUT2D eigenvalue weighted by Crippen LogP contribution is 2.26. The fourth-order valence-electron chi connectivity index (χ4n) is 2.39. The zero-order chi connectivity index (χ0) is 14.7. The van der Waals surface area contributed by atoms with Crippen molar-refractivity contribution in [2.45, 2.75) is 26.8 Å². The van der Waals surface area contributed by atoms with E-state index in [4.69, 9.17) is 4.74 Å². The van der Waals surface area contributed by atoms with Gasteiger partial charge < -0.3 is 9.64 Å². The lowest BCUT2D eigenvalue weighted by Gasteiger charge is -2.30. The van der Waals surface area contributed by atoms with Crippen molar-refractivity contribution >= 4 is 17.2 Å². The molecule has 1 aromatic rings. The van der Waals surface area contributed by atoms with E-state index in [1.54, 1.807) is 16.2 Å². The monoisotopic (exact) mass is 297 g/mol. The number of likely N-dealkylation sites (N-methyl/N-ethyl adjacent to an activating group) is 1. The number of ether oxygens (including phenoxy) is 1. The first-order chi connectivity index (χ1) is 9.49. The van der Waals surface area contributed by atoms with Crippen LogP contribution in [0.2, 0.25) is 0 Å². The molecule has 112 valence electrons. The van der Waals surface area contributed by atoms with E-state index in [0.29, 0.717) is 6.54 Å². The SMILES string of the molecule is Cc1nc([C@@H](C)N(C)C(=O)CN2CCOCC2)c(C)s1. The number of aryl methyl sites for hydroxylation is 2. The van der Waals surface area contributed by atoms with Crippen molar-refractivity contribution in [2.75, 3.05) is 39.9 Å². The second kappa shape index (κ2) is 6.65. The molecule has 0 spiro atoms. The van der Waals surface area contributed by atoms with Crippen molar-refractivity contribution in [3.8, 4) is 0 Å². The zero-order valence-corrected chi connectivity index (χ0v) is 13.5. The predicted molar refractivity (Wildman–Crippen MR) is 80.0 cm³/mol. The van der Waals surface area contributed by atoms with Gasteiger partial charge in [0.2, 0.25) is 5.91 Å². The van der Waals surface area contributed by atoms with Gasteiger partial charge in [0.1, 0.15) is 0 Å². The summed E-state index contributed by atoms with van der Waals surface area (Å²) >= 11 is 1.69. The summed E-state index contributed by atoms with van der Waals surface area (Å²) in [6.07, 6.45) is 0. The summed E-state index contributed by atoms with van der Waals surface area (Å²) in [5.74, 6) is 0.143. The largest absolute Gasteiger partial charge is 0.379 e. The Balaban J connectivity index is 1.96. The van der Waals surface area contributed by atoms with Gasteiger partial charge in [0.25, 0.3) is 0 Å². The molecule has 0 saturated carbocycles. The number of carbonyl (C=O) groups is 1. The lowest BCUT2D eigenvalue weighted by atomic mass is 10.2. The van der Waals surface area contributed by atoms with E-state index in [1.807, 2.05) is 20.9 Å². The maximum atomic E-state index is 12.4. The van der Waals surface area contributed by atoms with Crippen LogP contribution >= 0.6 is 11.3 Å². The molecule has 2 heterocycles. The molecule has 0 aromatic carbocycles. The lowest BCUT2D eigenvalue weighted by molar-refractivity contribution is -0.134. The first-order valence-corrected chi connectivity index (χ1v) is 7.80. The summed E-state index contributed by atoms with van der Waals surface area (Å²) in [4.78, 5) is 22.1. The molecule has 0 unspecified atom stereocenters. The Hall–Kier alpha value is -0.980. The van der Waals surface area contributed by atoms with Crippen molar-refractivity contribution in [2.24, 2.45) is 0 Å². The van der Waals surface area contributed by atoms with Crippen LogP contribution < -0.4 is 0 Å². The summed E-state index contributed by atoms with van der Waals surface area (Å²) in [6, 6.07) is 0.0218. The van der Waals surface area contributed by atoms with Gasteiger partial charge in [-0.3, -0.25) is 9.69 Å². The Morgan fingerprint density at radius 3 is 2.65 bits per heavy atom. The van der Waals surface area contributed by atoms with Gasteiger partial charge in [-0.05, 0) is 20.8 Å². The fraction of sp³-hybridized carbons (Fsp3) is 0.714. The van der Waals surface area contributed by atoms with E-state index >= 15 is 0 Å². The van der Waals surface area contributed by atoms with Crippen molar-refractivity contribution in [3.63, 3.8) is 0 Å². The molecule has 1 saturated heterocycles. The summed E-state index contributed by atoms with van der Waals surface area (Å²) in [5.41, 5.74) is 1.02. The Labute approximate surface area is 124 Å². The maximum Gasteiger partial charge on any atom is 0.237 e. The van der Waals surface area contributed by atoms with Crippen LogP contribution in [0.1, 0.15) is 28.5 Å². The molecule has 1 aromatic heterocycles. The average molecular weight is 297 g/mol.